The van der Waals surface area contributed by atoms with Crippen molar-refractivity contribution in [1.82, 2.24) is 0 Å². The van der Waals surface area contributed by atoms with Crippen LogP contribution in [-0.2, 0) is 22.3 Å². The van der Waals surface area contributed by atoms with Gasteiger partial charge in [0.25, 0.3) is 0 Å². The maximum Gasteiger partial charge on any atom is 0.0810 e. The third-order valence-electron chi connectivity index (χ3n) is 3.33. The van der Waals surface area contributed by atoms with E-state index in [1.165, 1.54) is 36.0 Å². The zero-order valence-corrected chi connectivity index (χ0v) is 11.6. The van der Waals surface area contributed by atoms with E-state index >= 15 is 0 Å². The first kappa shape index (κ1) is 13.6. The Hall–Kier alpha value is -0.860. The summed E-state index contributed by atoms with van der Waals surface area (Å²) in [5.41, 5.74) is 4.23. The molecule has 0 amide bonds. The molecule has 100 valence electrons. The molecule has 0 radical (unpaired) electrons. The number of hydrogen-bond acceptors (Lipinski definition) is 2. The van der Waals surface area contributed by atoms with Crippen molar-refractivity contribution in [2.75, 3.05) is 19.8 Å². The van der Waals surface area contributed by atoms with Crippen LogP contribution >= 0.6 is 0 Å². The second-order valence-corrected chi connectivity index (χ2v) is 5.12. The fraction of sp³-hybridized carbons (Fsp3) is 0.625. The minimum Gasteiger partial charge on any atom is -0.381 e. The molecule has 1 aromatic carbocycles. The lowest BCUT2D eigenvalue weighted by Gasteiger charge is -2.08. The van der Waals surface area contributed by atoms with Crippen molar-refractivity contribution < 1.29 is 9.47 Å². The van der Waals surface area contributed by atoms with Crippen LogP contribution < -0.4 is 0 Å². The summed E-state index contributed by atoms with van der Waals surface area (Å²) in [7, 11) is 0. The van der Waals surface area contributed by atoms with Crippen LogP contribution in [0.25, 0.3) is 0 Å². The summed E-state index contributed by atoms with van der Waals surface area (Å²) >= 11 is 0. The molecule has 0 aromatic heterocycles. The van der Waals surface area contributed by atoms with Gasteiger partial charge in [-0.1, -0.05) is 23.8 Å². The lowest BCUT2D eigenvalue weighted by atomic mass is 10.0. The van der Waals surface area contributed by atoms with E-state index in [4.69, 9.17) is 9.47 Å². The Morgan fingerprint density at radius 2 is 1.94 bits per heavy atom. The third-order valence-corrected chi connectivity index (χ3v) is 3.33. The van der Waals surface area contributed by atoms with Crippen LogP contribution in [0.5, 0.6) is 0 Å². The Bertz CT molecular complexity index is 369. The van der Waals surface area contributed by atoms with Crippen molar-refractivity contribution >= 4 is 0 Å². The van der Waals surface area contributed by atoms with Crippen LogP contribution in [0.3, 0.4) is 0 Å². The molecule has 1 aliphatic rings. The minimum atomic E-state index is 0.562. The summed E-state index contributed by atoms with van der Waals surface area (Å²) in [6, 6.07) is 6.91. The number of rotatable bonds is 8. The van der Waals surface area contributed by atoms with E-state index in [0.29, 0.717) is 6.10 Å². The Labute approximate surface area is 110 Å². The van der Waals surface area contributed by atoms with Crippen molar-refractivity contribution in [3.8, 4) is 0 Å². The average molecular weight is 248 g/mol. The molecule has 18 heavy (non-hydrogen) atoms. The van der Waals surface area contributed by atoms with E-state index in [1.54, 1.807) is 0 Å². The summed E-state index contributed by atoms with van der Waals surface area (Å²) < 4.78 is 10.7. The first-order valence-electron chi connectivity index (χ1n) is 7.06. The fourth-order valence-corrected chi connectivity index (χ4v) is 2.34. The first-order chi connectivity index (χ1) is 8.78. The Morgan fingerprint density at radius 1 is 1.22 bits per heavy atom. The number of epoxide rings is 1. The van der Waals surface area contributed by atoms with Crippen molar-refractivity contribution in [2.24, 2.45) is 0 Å². The molecule has 1 atom stereocenters. The Kier molecular flexibility index (Phi) is 5.21. The largest absolute Gasteiger partial charge is 0.381 e. The number of hydrogen-bond donors (Lipinski definition) is 0. The Morgan fingerprint density at radius 3 is 2.61 bits per heavy atom. The van der Waals surface area contributed by atoms with E-state index in [1.807, 2.05) is 6.92 Å². The van der Waals surface area contributed by atoms with Gasteiger partial charge in [0.15, 0.2) is 0 Å². The lowest BCUT2D eigenvalue weighted by Crippen LogP contribution is -1.99. The molecule has 2 nitrogen and oxygen atoms in total. The van der Waals surface area contributed by atoms with Crippen LogP contribution in [0.4, 0.5) is 0 Å². The van der Waals surface area contributed by atoms with Gasteiger partial charge in [-0.15, -0.1) is 0 Å². The maximum atomic E-state index is 5.42. The average Bonchev–Trinajstić information content (AvgIpc) is 3.13. The van der Waals surface area contributed by atoms with Gasteiger partial charge in [-0.05, 0) is 50.7 Å². The first-order valence-corrected chi connectivity index (χ1v) is 7.06. The van der Waals surface area contributed by atoms with Crippen LogP contribution in [0.1, 0.15) is 36.5 Å². The van der Waals surface area contributed by atoms with Crippen LogP contribution in [0, 0.1) is 6.92 Å². The van der Waals surface area contributed by atoms with Gasteiger partial charge >= 0.3 is 0 Å². The monoisotopic (exact) mass is 248 g/mol. The van der Waals surface area contributed by atoms with Gasteiger partial charge in [-0.3, -0.25) is 0 Å². The highest BCUT2D eigenvalue weighted by Gasteiger charge is 2.21. The molecule has 0 bridgehead atoms. The van der Waals surface area contributed by atoms with Gasteiger partial charge in [0.05, 0.1) is 19.3 Å². The van der Waals surface area contributed by atoms with Gasteiger partial charge in [-0.2, -0.15) is 0 Å². The molecule has 1 aliphatic heterocycles. The standard InChI is InChI=1S/C16H24O2/c1-3-17-8-7-15-10-13(2)9-14(11-15)5-4-6-16-12-18-16/h9-11,16H,3-8,12H2,1-2H3. The highest BCUT2D eigenvalue weighted by atomic mass is 16.6. The third kappa shape index (κ3) is 4.79. The molecule has 1 aromatic rings. The molecule has 0 saturated carbocycles. The molecule has 1 unspecified atom stereocenters. The molecule has 0 N–H and O–H groups in total. The van der Waals surface area contributed by atoms with E-state index < -0.39 is 0 Å². The van der Waals surface area contributed by atoms with Crippen LogP contribution in [0.15, 0.2) is 18.2 Å². The summed E-state index contributed by atoms with van der Waals surface area (Å²) in [5, 5.41) is 0. The molecule has 1 heterocycles. The van der Waals surface area contributed by atoms with Gasteiger partial charge in [-0.25, -0.2) is 0 Å². The quantitative estimate of drug-likeness (QED) is 0.520. The van der Waals surface area contributed by atoms with Crippen molar-refractivity contribution in [3.63, 3.8) is 0 Å². The number of benzene rings is 1. The Balaban J connectivity index is 1.83. The van der Waals surface area contributed by atoms with Gasteiger partial charge in [0, 0.05) is 6.61 Å². The van der Waals surface area contributed by atoms with E-state index in [9.17, 15) is 0 Å². The molecular weight excluding hydrogens is 224 g/mol. The predicted octanol–water partition coefficient (Wildman–Crippen LogP) is 3.30. The maximum absolute atomic E-state index is 5.42. The summed E-state index contributed by atoms with van der Waals surface area (Å²) in [5.74, 6) is 0. The number of ether oxygens (including phenoxy) is 2. The van der Waals surface area contributed by atoms with E-state index in [0.717, 1.165) is 26.2 Å². The summed E-state index contributed by atoms with van der Waals surface area (Å²) in [4.78, 5) is 0. The highest BCUT2D eigenvalue weighted by molar-refractivity contribution is 5.29. The topological polar surface area (TPSA) is 21.8 Å². The molecule has 0 aliphatic carbocycles. The van der Waals surface area contributed by atoms with Crippen LogP contribution in [-0.4, -0.2) is 25.9 Å². The fourth-order valence-electron chi connectivity index (χ4n) is 2.34. The molecule has 1 fully saturated rings. The minimum absolute atomic E-state index is 0.562. The molecule has 2 heteroatoms. The summed E-state index contributed by atoms with van der Waals surface area (Å²) in [6.45, 7) is 6.84. The SMILES string of the molecule is CCOCCc1cc(C)cc(CCCC2CO2)c1. The lowest BCUT2D eigenvalue weighted by molar-refractivity contribution is 0.151. The zero-order chi connectivity index (χ0) is 12.8. The van der Waals surface area contributed by atoms with Gasteiger partial charge in [0.2, 0.25) is 0 Å². The summed E-state index contributed by atoms with van der Waals surface area (Å²) in [6.07, 6.45) is 5.20. The normalized spacial score (nSPS) is 18.0. The van der Waals surface area contributed by atoms with Crippen molar-refractivity contribution in [1.29, 1.82) is 0 Å². The second kappa shape index (κ2) is 6.91. The van der Waals surface area contributed by atoms with E-state index in [-0.39, 0.29) is 0 Å². The number of aryl methyl sites for hydroxylation is 2. The molecular formula is C16H24O2. The van der Waals surface area contributed by atoms with Gasteiger partial charge < -0.3 is 9.47 Å². The smallest absolute Gasteiger partial charge is 0.0810 e. The molecule has 2 rings (SSSR count). The second-order valence-electron chi connectivity index (χ2n) is 5.12. The van der Waals surface area contributed by atoms with Crippen molar-refractivity contribution in [2.45, 2.75) is 45.6 Å². The molecule has 1 saturated heterocycles. The van der Waals surface area contributed by atoms with Crippen molar-refractivity contribution in [3.05, 3.63) is 34.9 Å². The highest BCUT2D eigenvalue weighted by Crippen LogP contribution is 2.18. The predicted molar refractivity (Wildman–Crippen MR) is 74.1 cm³/mol. The van der Waals surface area contributed by atoms with E-state index in [2.05, 4.69) is 25.1 Å². The molecule has 0 spiro atoms. The van der Waals surface area contributed by atoms with Crippen LogP contribution in [0.2, 0.25) is 0 Å². The zero-order valence-electron chi connectivity index (χ0n) is 11.6. The van der Waals surface area contributed by atoms with Gasteiger partial charge in [0.1, 0.15) is 0 Å².